The minimum atomic E-state index is 0.649. The molecule has 0 spiro atoms. The molecule has 0 aliphatic heterocycles. The van der Waals surface area contributed by atoms with Crippen LogP contribution >= 0.6 is 38.9 Å². The van der Waals surface area contributed by atoms with Gasteiger partial charge in [0, 0.05) is 14.9 Å². The highest BCUT2D eigenvalue weighted by Gasteiger charge is 2.12. The number of thiophene rings is 1. The molecule has 2 heterocycles. The highest BCUT2D eigenvalue weighted by atomic mass is 79.9. The number of rotatable bonds is 2. The van der Waals surface area contributed by atoms with Gasteiger partial charge in [-0.25, -0.2) is 4.68 Å². The summed E-state index contributed by atoms with van der Waals surface area (Å²) in [6.45, 7) is 1.97. The van der Waals surface area contributed by atoms with Crippen LogP contribution in [-0.2, 0) is 0 Å². The van der Waals surface area contributed by atoms with Gasteiger partial charge in [-0.05, 0) is 46.6 Å². The number of hydrogen-bond acceptors (Lipinski definition) is 3. The normalized spacial score (nSPS) is 10.9. The number of aryl methyl sites for hydroxylation is 1. The van der Waals surface area contributed by atoms with Gasteiger partial charge in [0.05, 0.1) is 22.4 Å². The van der Waals surface area contributed by atoms with Crippen LogP contribution in [0.2, 0.25) is 5.02 Å². The van der Waals surface area contributed by atoms with Crippen LogP contribution in [0.3, 0.4) is 0 Å². The summed E-state index contributed by atoms with van der Waals surface area (Å²) in [5, 5.41) is 7.29. The van der Waals surface area contributed by atoms with Crippen molar-refractivity contribution in [2.45, 2.75) is 6.92 Å². The molecule has 20 heavy (non-hydrogen) atoms. The third kappa shape index (κ3) is 2.49. The first-order valence-corrected chi connectivity index (χ1v) is 7.96. The molecule has 3 rings (SSSR count). The molecule has 0 atom stereocenters. The smallest absolute Gasteiger partial charge is 0.126 e. The van der Waals surface area contributed by atoms with Gasteiger partial charge in [-0.3, -0.25) is 0 Å². The molecule has 0 saturated carbocycles. The molecule has 0 aliphatic carbocycles. The van der Waals surface area contributed by atoms with Gasteiger partial charge >= 0.3 is 0 Å². The topological polar surface area (TPSA) is 43.8 Å². The Kier molecular flexibility index (Phi) is 3.58. The van der Waals surface area contributed by atoms with Gasteiger partial charge in [-0.15, -0.1) is 11.3 Å². The maximum atomic E-state index is 6.15. The predicted molar refractivity (Wildman–Crippen MR) is 88.7 cm³/mol. The van der Waals surface area contributed by atoms with E-state index in [-0.39, 0.29) is 0 Å². The lowest BCUT2D eigenvalue weighted by Crippen LogP contribution is -1.95. The molecule has 2 N–H and O–H groups in total. The largest absolute Gasteiger partial charge is 0.396 e. The van der Waals surface area contributed by atoms with Gasteiger partial charge in [-0.2, -0.15) is 5.10 Å². The fourth-order valence-corrected chi connectivity index (χ4v) is 3.48. The predicted octanol–water partition coefficient (Wildman–Crippen LogP) is 4.91. The van der Waals surface area contributed by atoms with E-state index in [1.165, 1.54) is 0 Å². The molecule has 0 radical (unpaired) electrons. The molecule has 0 fully saturated rings. The van der Waals surface area contributed by atoms with Crippen molar-refractivity contribution in [3.8, 4) is 16.3 Å². The lowest BCUT2D eigenvalue weighted by atomic mass is 10.2. The van der Waals surface area contributed by atoms with Crippen LogP contribution < -0.4 is 5.73 Å². The lowest BCUT2D eigenvalue weighted by Gasteiger charge is -2.03. The van der Waals surface area contributed by atoms with Crippen molar-refractivity contribution in [2.75, 3.05) is 5.73 Å². The molecular weight excluding hydrogens is 358 g/mol. The van der Waals surface area contributed by atoms with Crippen LogP contribution in [0, 0.1) is 6.92 Å². The van der Waals surface area contributed by atoms with Crippen molar-refractivity contribution < 1.29 is 0 Å². The summed E-state index contributed by atoms with van der Waals surface area (Å²) < 4.78 is 2.79. The first kappa shape index (κ1) is 13.7. The zero-order chi connectivity index (χ0) is 14.3. The molecule has 1 aromatic carbocycles. The second-order valence-corrected chi connectivity index (χ2v) is 6.67. The Morgan fingerprint density at radius 2 is 2.15 bits per heavy atom. The van der Waals surface area contributed by atoms with Gasteiger partial charge in [0.15, 0.2) is 0 Å². The molecule has 102 valence electrons. The summed E-state index contributed by atoms with van der Waals surface area (Å²) in [5.41, 5.74) is 9.44. The van der Waals surface area contributed by atoms with E-state index in [1.54, 1.807) is 16.0 Å². The first-order valence-electron chi connectivity index (χ1n) is 5.90. The van der Waals surface area contributed by atoms with Crippen LogP contribution in [0.15, 0.2) is 40.3 Å². The summed E-state index contributed by atoms with van der Waals surface area (Å²) in [4.78, 5) is 1.03. The molecule has 0 aliphatic rings. The monoisotopic (exact) mass is 367 g/mol. The minimum Gasteiger partial charge on any atom is -0.396 e. The van der Waals surface area contributed by atoms with Gasteiger partial charge in [0.2, 0.25) is 0 Å². The molecule has 0 bridgehead atoms. The first-order chi connectivity index (χ1) is 9.54. The van der Waals surface area contributed by atoms with E-state index in [0.29, 0.717) is 5.69 Å². The molecule has 3 nitrogen and oxygen atoms in total. The molecule has 0 saturated heterocycles. The van der Waals surface area contributed by atoms with Crippen LogP contribution in [0.5, 0.6) is 0 Å². The third-order valence-electron chi connectivity index (χ3n) is 2.96. The van der Waals surface area contributed by atoms with Crippen LogP contribution in [0.1, 0.15) is 5.56 Å². The number of nitrogens with two attached hydrogens (primary N) is 1. The zero-order valence-corrected chi connectivity index (χ0v) is 13.8. The van der Waals surface area contributed by atoms with Crippen molar-refractivity contribution in [1.29, 1.82) is 0 Å². The fraction of sp³-hybridized carbons (Fsp3) is 0.0714. The van der Waals surface area contributed by atoms with E-state index in [9.17, 15) is 0 Å². The Morgan fingerprint density at radius 3 is 2.80 bits per heavy atom. The number of nitrogen functional groups attached to an aromatic ring is 1. The molecule has 3 aromatic rings. The molecule has 2 aromatic heterocycles. The molecule has 0 unspecified atom stereocenters. The van der Waals surface area contributed by atoms with Gasteiger partial charge < -0.3 is 5.73 Å². The van der Waals surface area contributed by atoms with E-state index >= 15 is 0 Å². The lowest BCUT2D eigenvalue weighted by molar-refractivity contribution is 0.885. The molecule has 0 amide bonds. The van der Waals surface area contributed by atoms with Crippen molar-refractivity contribution in [3.05, 3.63) is 50.9 Å². The number of nitrogens with zero attached hydrogens (tertiary/aromatic N) is 2. The fourth-order valence-electron chi connectivity index (χ4n) is 1.87. The number of hydrogen-bond donors (Lipinski definition) is 1. The average molecular weight is 369 g/mol. The minimum absolute atomic E-state index is 0.649. The Labute approximate surface area is 134 Å². The van der Waals surface area contributed by atoms with E-state index in [1.807, 2.05) is 42.8 Å². The highest BCUT2D eigenvalue weighted by Crippen LogP contribution is 2.33. The number of anilines is 1. The molecule has 6 heteroatoms. The average Bonchev–Trinajstić information content (AvgIpc) is 2.99. The standard InChI is InChI=1S/C14H11BrClN3S/c1-8-2-3-10(5-11(8)16)19-6-12(17)14(18-19)13-4-9(15)7-20-13/h2-7H,17H2,1H3. The Balaban J connectivity index is 2.06. The number of benzene rings is 1. The second kappa shape index (κ2) is 5.24. The summed E-state index contributed by atoms with van der Waals surface area (Å²) in [5.74, 6) is 0. The highest BCUT2D eigenvalue weighted by molar-refractivity contribution is 9.10. The maximum Gasteiger partial charge on any atom is 0.126 e. The summed E-state index contributed by atoms with van der Waals surface area (Å²) in [6, 6.07) is 7.84. The van der Waals surface area contributed by atoms with Gasteiger partial charge in [-0.1, -0.05) is 17.7 Å². The summed E-state index contributed by atoms with van der Waals surface area (Å²) in [6.07, 6.45) is 1.81. The number of halogens is 2. The van der Waals surface area contributed by atoms with Crippen molar-refractivity contribution in [2.24, 2.45) is 0 Å². The second-order valence-electron chi connectivity index (χ2n) is 4.44. The SMILES string of the molecule is Cc1ccc(-n2cc(N)c(-c3cc(Br)cs3)n2)cc1Cl. The Morgan fingerprint density at radius 1 is 1.35 bits per heavy atom. The van der Waals surface area contributed by atoms with E-state index in [0.717, 1.165) is 31.3 Å². The Hall–Kier alpha value is -1.30. The summed E-state index contributed by atoms with van der Waals surface area (Å²) in [7, 11) is 0. The summed E-state index contributed by atoms with van der Waals surface area (Å²) >= 11 is 11.2. The van der Waals surface area contributed by atoms with Gasteiger partial charge in [0.25, 0.3) is 0 Å². The quantitative estimate of drug-likeness (QED) is 0.698. The number of aromatic nitrogens is 2. The van der Waals surface area contributed by atoms with E-state index in [2.05, 4.69) is 21.0 Å². The molecular formula is C14H11BrClN3S. The zero-order valence-electron chi connectivity index (χ0n) is 10.6. The van der Waals surface area contributed by atoms with Gasteiger partial charge in [0.1, 0.15) is 5.69 Å². The van der Waals surface area contributed by atoms with Crippen LogP contribution in [-0.4, -0.2) is 9.78 Å². The van der Waals surface area contributed by atoms with Crippen molar-refractivity contribution in [1.82, 2.24) is 9.78 Å². The van der Waals surface area contributed by atoms with Crippen molar-refractivity contribution in [3.63, 3.8) is 0 Å². The Bertz CT molecular complexity index is 779. The van der Waals surface area contributed by atoms with E-state index < -0.39 is 0 Å². The third-order valence-corrected chi connectivity index (χ3v) is 5.07. The van der Waals surface area contributed by atoms with Crippen LogP contribution in [0.25, 0.3) is 16.3 Å². The van der Waals surface area contributed by atoms with Crippen molar-refractivity contribution >= 4 is 44.6 Å². The maximum absolute atomic E-state index is 6.15. The van der Waals surface area contributed by atoms with E-state index in [4.69, 9.17) is 17.3 Å². The van der Waals surface area contributed by atoms with Crippen LogP contribution in [0.4, 0.5) is 5.69 Å².